The van der Waals surface area contributed by atoms with Gasteiger partial charge in [0.25, 0.3) is 0 Å². The van der Waals surface area contributed by atoms with Crippen LogP contribution < -0.4 is 20.9 Å². The number of nitrogens with one attached hydrogen (secondary N) is 3. The minimum absolute atomic E-state index is 0.245. The summed E-state index contributed by atoms with van der Waals surface area (Å²) in [5.41, 5.74) is 7.12. The van der Waals surface area contributed by atoms with Crippen molar-refractivity contribution in [1.29, 1.82) is 5.26 Å². The number of amides is 2. The Hall–Kier alpha value is -4.11. The van der Waals surface area contributed by atoms with Crippen LogP contribution in [0.3, 0.4) is 0 Å². The van der Waals surface area contributed by atoms with Gasteiger partial charge >= 0.3 is 12.4 Å². The van der Waals surface area contributed by atoms with Gasteiger partial charge in [0, 0.05) is 16.8 Å². The van der Waals surface area contributed by atoms with Crippen molar-refractivity contribution in [3.8, 4) is 11.8 Å². The minimum Gasteiger partial charge on any atom is -0.406 e. The van der Waals surface area contributed by atoms with Gasteiger partial charge < -0.3 is 10.1 Å². The summed E-state index contributed by atoms with van der Waals surface area (Å²) in [6.45, 7) is 1.81. The molecule has 12 heteroatoms. The summed E-state index contributed by atoms with van der Waals surface area (Å²) < 4.78 is 40.5. The first-order valence-corrected chi connectivity index (χ1v) is 9.80. The number of amidine groups is 1. The number of aromatic nitrogens is 1. The highest BCUT2D eigenvalue weighted by Gasteiger charge is 2.30. The van der Waals surface area contributed by atoms with Crippen LogP contribution in [0.5, 0.6) is 5.75 Å². The molecule has 0 unspecified atom stereocenters. The van der Waals surface area contributed by atoms with E-state index in [0.717, 1.165) is 17.8 Å². The second-order valence-corrected chi connectivity index (χ2v) is 7.05. The summed E-state index contributed by atoms with van der Waals surface area (Å²) in [6.07, 6.45) is -4.80. The van der Waals surface area contributed by atoms with Crippen molar-refractivity contribution in [2.75, 3.05) is 5.32 Å². The number of carbonyl (C=O) groups excluding carboxylic acids is 1. The topological polar surface area (TPSA) is 111 Å². The monoisotopic (exact) mass is 460 g/mol. The Labute approximate surface area is 184 Å². The van der Waals surface area contributed by atoms with Gasteiger partial charge in [-0.25, -0.2) is 20.2 Å². The molecule has 2 aromatic carbocycles. The number of aryl methyl sites for hydroxylation is 1. The van der Waals surface area contributed by atoms with Gasteiger partial charge in [-0.3, -0.25) is 5.43 Å². The number of hydrogen-bond acceptors (Lipinski definition) is 6. The van der Waals surface area contributed by atoms with E-state index in [1.165, 1.54) is 23.5 Å². The Morgan fingerprint density at radius 2 is 1.81 bits per heavy atom. The van der Waals surface area contributed by atoms with E-state index in [9.17, 15) is 18.0 Å². The highest BCUT2D eigenvalue weighted by molar-refractivity contribution is 7.11. The van der Waals surface area contributed by atoms with Gasteiger partial charge in [-0.05, 0) is 55.5 Å². The Morgan fingerprint density at radius 3 is 2.38 bits per heavy atom. The van der Waals surface area contributed by atoms with E-state index < -0.39 is 18.1 Å². The maximum atomic E-state index is 12.2. The van der Waals surface area contributed by atoms with Gasteiger partial charge in [-0.15, -0.1) is 24.5 Å². The predicted octanol–water partition coefficient (Wildman–Crippen LogP) is 4.63. The SMILES string of the molecule is Cc1csc(C(=Nc2ccc(C#N)cc2)NNC(=O)Nc2ccc(OC(F)(F)F)cc2)n1. The van der Waals surface area contributed by atoms with E-state index in [0.29, 0.717) is 16.3 Å². The number of thiazole rings is 1. The molecule has 1 heterocycles. The molecule has 0 bridgehead atoms. The van der Waals surface area contributed by atoms with Crippen molar-refractivity contribution in [2.24, 2.45) is 4.99 Å². The van der Waals surface area contributed by atoms with Gasteiger partial charge in [0.1, 0.15) is 5.75 Å². The number of nitrogens with zero attached hydrogens (tertiary/aromatic N) is 3. The van der Waals surface area contributed by atoms with E-state index in [2.05, 4.69) is 30.9 Å². The molecule has 0 radical (unpaired) electrons. The highest BCUT2D eigenvalue weighted by atomic mass is 32.1. The zero-order valence-electron chi connectivity index (χ0n) is 16.4. The zero-order valence-corrected chi connectivity index (χ0v) is 17.2. The smallest absolute Gasteiger partial charge is 0.406 e. The van der Waals surface area contributed by atoms with Crippen LogP contribution in [0, 0.1) is 18.3 Å². The molecule has 0 aliphatic rings. The van der Waals surface area contributed by atoms with Crippen LogP contribution in [0.4, 0.5) is 29.3 Å². The number of hydrazine groups is 1. The Kier molecular flexibility index (Phi) is 6.91. The summed E-state index contributed by atoms with van der Waals surface area (Å²) >= 11 is 1.31. The lowest BCUT2D eigenvalue weighted by Gasteiger charge is -2.12. The van der Waals surface area contributed by atoms with Gasteiger partial charge in [0.05, 0.1) is 17.3 Å². The number of halogens is 3. The third-order valence-electron chi connectivity index (χ3n) is 3.70. The fourth-order valence-corrected chi connectivity index (χ4v) is 3.09. The third kappa shape index (κ3) is 6.71. The van der Waals surface area contributed by atoms with Gasteiger partial charge in [0.15, 0.2) is 10.8 Å². The molecule has 3 N–H and O–H groups in total. The highest BCUT2D eigenvalue weighted by Crippen LogP contribution is 2.24. The van der Waals surface area contributed by atoms with Crippen LogP contribution in [0.1, 0.15) is 16.3 Å². The molecule has 3 aromatic rings. The second kappa shape index (κ2) is 9.80. The third-order valence-corrected chi connectivity index (χ3v) is 4.67. The number of ether oxygens (including phenoxy) is 1. The van der Waals surface area contributed by atoms with Crippen molar-refractivity contribution >= 4 is 34.6 Å². The second-order valence-electron chi connectivity index (χ2n) is 6.19. The van der Waals surface area contributed by atoms with Crippen LogP contribution in [0.2, 0.25) is 0 Å². The fourth-order valence-electron chi connectivity index (χ4n) is 2.35. The number of anilines is 1. The lowest BCUT2D eigenvalue weighted by molar-refractivity contribution is -0.274. The lowest BCUT2D eigenvalue weighted by atomic mass is 10.2. The Morgan fingerprint density at radius 1 is 1.12 bits per heavy atom. The van der Waals surface area contributed by atoms with Crippen molar-refractivity contribution in [2.45, 2.75) is 13.3 Å². The molecule has 0 spiro atoms. The van der Waals surface area contributed by atoms with Gasteiger partial charge in [0.2, 0.25) is 0 Å². The van der Waals surface area contributed by atoms with Crippen molar-refractivity contribution < 1.29 is 22.7 Å². The van der Waals surface area contributed by atoms with Crippen LogP contribution in [0.25, 0.3) is 0 Å². The Bertz CT molecular complexity index is 1150. The zero-order chi connectivity index (χ0) is 23.1. The number of rotatable bonds is 4. The molecular weight excluding hydrogens is 445 g/mol. The van der Waals surface area contributed by atoms with E-state index >= 15 is 0 Å². The quantitative estimate of drug-likeness (QED) is 0.299. The summed E-state index contributed by atoms with van der Waals surface area (Å²) in [5.74, 6) is -0.144. The van der Waals surface area contributed by atoms with Crippen molar-refractivity contribution in [1.82, 2.24) is 15.8 Å². The first-order valence-electron chi connectivity index (χ1n) is 8.92. The molecule has 0 aliphatic heterocycles. The molecule has 1 aromatic heterocycles. The molecular formula is C20H15F3N6O2S. The predicted molar refractivity (Wildman–Crippen MR) is 113 cm³/mol. The lowest BCUT2D eigenvalue weighted by Crippen LogP contribution is -2.44. The molecule has 0 saturated carbocycles. The number of benzene rings is 2. The van der Waals surface area contributed by atoms with Crippen LogP contribution in [-0.2, 0) is 0 Å². The number of urea groups is 1. The summed E-state index contributed by atoms with van der Waals surface area (Å²) in [5, 5.41) is 13.7. The maximum Gasteiger partial charge on any atom is 0.573 e. The minimum atomic E-state index is -4.80. The van der Waals surface area contributed by atoms with Crippen LogP contribution in [-0.4, -0.2) is 23.2 Å². The number of hydrogen-bond donors (Lipinski definition) is 3. The van der Waals surface area contributed by atoms with E-state index in [4.69, 9.17) is 5.26 Å². The average Bonchev–Trinajstić information content (AvgIpc) is 3.18. The number of aliphatic imine (C=N–C) groups is 1. The molecule has 32 heavy (non-hydrogen) atoms. The Balaban J connectivity index is 1.67. The molecule has 3 rings (SSSR count). The van der Waals surface area contributed by atoms with Gasteiger partial charge in [-0.2, -0.15) is 5.26 Å². The largest absolute Gasteiger partial charge is 0.573 e. The van der Waals surface area contributed by atoms with Gasteiger partial charge in [-0.1, -0.05) is 0 Å². The summed E-state index contributed by atoms with van der Waals surface area (Å²) in [7, 11) is 0. The van der Waals surface area contributed by atoms with Crippen molar-refractivity contribution in [3.05, 3.63) is 70.2 Å². The summed E-state index contributed by atoms with van der Waals surface area (Å²) in [6, 6.07) is 12.5. The van der Waals surface area contributed by atoms with E-state index in [-0.39, 0.29) is 11.5 Å². The van der Waals surface area contributed by atoms with E-state index in [1.807, 2.05) is 18.4 Å². The van der Waals surface area contributed by atoms with Crippen LogP contribution >= 0.6 is 11.3 Å². The molecule has 0 atom stereocenters. The molecule has 164 valence electrons. The number of nitriles is 1. The molecule has 8 nitrogen and oxygen atoms in total. The first-order chi connectivity index (χ1) is 15.2. The van der Waals surface area contributed by atoms with Crippen molar-refractivity contribution in [3.63, 3.8) is 0 Å². The molecule has 0 saturated heterocycles. The average molecular weight is 460 g/mol. The molecule has 2 amide bonds. The number of alkyl halides is 3. The number of carbonyl (C=O) groups is 1. The standard InChI is InChI=1S/C20H15F3N6O2S/c1-12-11-32-18(25-12)17(26-14-4-2-13(10-24)3-5-14)28-29-19(30)27-15-6-8-16(9-7-15)31-20(21,22)23/h2-9,11H,1H3,(H,26,28)(H2,27,29,30). The maximum absolute atomic E-state index is 12.2. The molecule has 0 aliphatic carbocycles. The molecule has 0 fully saturated rings. The normalized spacial score (nSPS) is 11.4. The van der Waals surface area contributed by atoms with Crippen LogP contribution in [0.15, 0.2) is 58.9 Å². The van der Waals surface area contributed by atoms with E-state index in [1.54, 1.807) is 24.3 Å². The summed E-state index contributed by atoms with van der Waals surface area (Å²) in [4.78, 5) is 21.0. The fraction of sp³-hybridized carbons (Fsp3) is 0.100. The first kappa shape index (κ1) is 22.6.